The number of rotatable bonds is 5. The van der Waals surface area contributed by atoms with Crippen LogP contribution in [0.15, 0.2) is 30.7 Å². The molecular formula is C13H12FN3O3. The highest BCUT2D eigenvalue weighted by molar-refractivity contribution is 5.88. The van der Waals surface area contributed by atoms with Crippen molar-refractivity contribution >= 4 is 11.7 Å². The third-order valence-corrected chi connectivity index (χ3v) is 2.64. The van der Waals surface area contributed by atoms with Gasteiger partial charge in [-0.1, -0.05) is 0 Å². The van der Waals surface area contributed by atoms with Gasteiger partial charge in [-0.3, -0.25) is 0 Å². The Hall–Kier alpha value is -2.70. The van der Waals surface area contributed by atoms with Crippen molar-refractivity contribution in [3.05, 3.63) is 47.8 Å². The summed E-state index contributed by atoms with van der Waals surface area (Å²) in [6, 6.07) is 4.37. The van der Waals surface area contributed by atoms with Gasteiger partial charge in [0.05, 0.1) is 19.3 Å². The van der Waals surface area contributed by atoms with Crippen molar-refractivity contribution in [2.75, 3.05) is 12.4 Å². The van der Waals surface area contributed by atoms with Crippen LogP contribution in [0.5, 0.6) is 5.75 Å². The molecule has 0 saturated carbocycles. The quantitative estimate of drug-likeness (QED) is 0.868. The number of nitrogens with one attached hydrogen (secondary N) is 1. The zero-order chi connectivity index (χ0) is 14.5. The van der Waals surface area contributed by atoms with E-state index < -0.39 is 11.8 Å². The molecule has 1 aromatic heterocycles. The number of hydrogen-bond donors (Lipinski definition) is 2. The maximum atomic E-state index is 13.5. The molecular weight excluding hydrogens is 265 g/mol. The van der Waals surface area contributed by atoms with E-state index in [-0.39, 0.29) is 17.9 Å². The summed E-state index contributed by atoms with van der Waals surface area (Å²) in [7, 11) is 1.38. The normalized spacial score (nSPS) is 10.1. The molecule has 104 valence electrons. The molecule has 0 unspecified atom stereocenters. The lowest BCUT2D eigenvalue weighted by atomic mass is 10.2. The zero-order valence-electron chi connectivity index (χ0n) is 10.6. The molecule has 0 aliphatic rings. The molecule has 0 spiro atoms. The first-order valence-corrected chi connectivity index (χ1v) is 5.71. The Balaban J connectivity index is 2.13. The summed E-state index contributed by atoms with van der Waals surface area (Å²) in [5.74, 6) is -1.47. The summed E-state index contributed by atoms with van der Waals surface area (Å²) in [5, 5.41) is 11.9. The molecule has 0 bridgehead atoms. The number of aromatic carboxylic acids is 1. The van der Waals surface area contributed by atoms with E-state index in [0.29, 0.717) is 11.4 Å². The van der Waals surface area contributed by atoms with Gasteiger partial charge in [0.1, 0.15) is 11.9 Å². The second-order valence-electron chi connectivity index (χ2n) is 3.89. The Morgan fingerprint density at radius 1 is 1.50 bits per heavy atom. The van der Waals surface area contributed by atoms with E-state index in [1.165, 1.54) is 31.8 Å². The van der Waals surface area contributed by atoms with Crippen LogP contribution < -0.4 is 10.1 Å². The Labute approximate surface area is 114 Å². The maximum absolute atomic E-state index is 13.5. The van der Waals surface area contributed by atoms with Gasteiger partial charge in [-0.15, -0.1) is 0 Å². The van der Waals surface area contributed by atoms with Gasteiger partial charge in [-0.2, -0.15) is 0 Å². The summed E-state index contributed by atoms with van der Waals surface area (Å²) < 4.78 is 18.3. The number of methoxy groups -OCH3 is 1. The van der Waals surface area contributed by atoms with E-state index >= 15 is 0 Å². The number of benzene rings is 1. The summed E-state index contributed by atoms with van der Waals surface area (Å²) in [6.07, 6.45) is 2.49. The molecule has 0 fully saturated rings. The highest BCUT2D eigenvalue weighted by atomic mass is 19.1. The Morgan fingerprint density at radius 3 is 2.95 bits per heavy atom. The standard InChI is InChI=1S/C13H12FN3O3/c1-20-12-3-2-8(4-10(12)14)16-6-11-9(13(18)19)5-15-7-17-11/h2-5,7,16H,6H2,1H3,(H,18,19). The van der Waals surface area contributed by atoms with Crippen LogP contribution in [-0.4, -0.2) is 28.2 Å². The highest BCUT2D eigenvalue weighted by Gasteiger charge is 2.11. The summed E-state index contributed by atoms with van der Waals surface area (Å²) in [5.41, 5.74) is 0.830. The van der Waals surface area contributed by atoms with E-state index in [4.69, 9.17) is 9.84 Å². The number of anilines is 1. The average molecular weight is 277 g/mol. The average Bonchev–Trinajstić information content (AvgIpc) is 2.45. The van der Waals surface area contributed by atoms with Gasteiger partial charge in [0.2, 0.25) is 0 Å². The molecule has 6 nitrogen and oxygen atoms in total. The van der Waals surface area contributed by atoms with Crippen LogP contribution in [0, 0.1) is 5.82 Å². The molecule has 0 saturated heterocycles. The first-order valence-electron chi connectivity index (χ1n) is 5.71. The molecule has 2 rings (SSSR count). The van der Waals surface area contributed by atoms with E-state index in [1.807, 2.05) is 0 Å². The molecule has 1 aromatic carbocycles. The molecule has 0 atom stereocenters. The molecule has 0 radical (unpaired) electrons. The molecule has 2 aromatic rings. The van der Waals surface area contributed by atoms with Crippen molar-refractivity contribution in [2.45, 2.75) is 6.54 Å². The van der Waals surface area contributed by atoms with Crippen molar-refractivity contribution in [3.63, 3.8) is 0 Å². The Bertz CT molecular complexity index is 634. The Morgan fingerprint density at radius 2 is 2.30 bits per heavy atom. The predicted molar refractivity (Wildman–Crippen MR) is 69.3 cm³/mol. The number of nitrogens with zero attached hydrogens (tertiary/aromatic N) is 2. The van der Waals surface area contributed by atoms with Gasteiger partial charge in [-0.05, 0) is 12.1 Å². The van der Waals surface area contributed by atoms with Crippen LogP contribution in [0.25, 0.3) is 0 Å². The first kappa shape index (κ1) is 13.7. The highest BCUT2D eigenvalue weighted by Crippen LogP contribution is 2.21. The topological polar surface area (TPSA) is 84.3 Å². The minimum atomic E-state index is -1.11. The van der Waals surface area contributed by atoms with Crippen LogP contribution >= 0.6 is 0 Å². The second-order valence-corrected chi connectivity index (χ2v) is 3.89. The van der Waals surface area contributed by atoms with E-state index in [0.717, 1.165) is 0 Å². The fourth-order valence-corrected chi connectivity index (χ4v) is 1.64. The summed E-state index contributed by atoms with van der Waals surface area (Å²) in [6.45, 7) is 0.149. The van der Waals surface area contributed by atoms with Crippen molar-refractivity contribution in [1.29, 1.82) is 0 Å². The number of carboxylic acid groups (broad SMARTS) is 1. The lowest BCUT2D eigenvalue weighted by Gasteiger charge is -2.09. The Kier molecular flexibility index (Phi) is 4.09. The monoisotopic (exact) mass is 277 g/mol. The van der Waals surface area contributed by atoms with Crippen molar-refractivity contribution in [2.24, 2.45) is 0 Å². The van der Waals surface area contributed by atoms with Gasteiger partial charge >= 0.3 is 5.97 Å². The van der Waals surface area contributed by atoms with Crippen LogP contribution in [-0.2, 0) is 6.54 Å². The smallest absolute Gasteiger partial charge is 0.339 e. The summed E-state index contributed by atoms with van der Waals surface area (Å²) in [4.78, 5) is 18.5. The molecule has 1 heterocycles. The number of hydrogen-bond acceptors (Lipinski definition) is 5. The fraction of sp³-hybridized carbons (Fsp3) is 0.154. The number of halogens is 1. The predicted octanol–water partition coefficient (Wildman–Crippen LogP) is 1.93. The number of carbonyl (C=O) groups is 1. The van der Waals surface area contributed by atoms with Crippen LogP contribution in [0.4, 0.5) is 10.1 Å². The largest absolute Gasteiger partial charge is 0.494 e. The van der Waals surface area contributed by atoms with Crippen LogP contribution in [0.2, 0.25) is 0 Å². The third-order valence-electron chi connectivity index (χ3n) is 2.64. The molecule has 7 heteroatoms. The second kappa shape index (κ2) is 5.96. The molecule has 2 N–H and O–H groups in total. The van der Waals surface area contributed by atoms with Crippen LogP contribution in [0.3, 0.4) is 0 Å². The number of aromatic nitrogens is 2. The van der Waals surface area contributed by atoms with Crippen LogP contribution in [0.1, 0.15) is 16.1 Å². The van der Waals surface area contributed by atoms with Gasteiger partial charge in [0.15, 0.2) is 11.6 Å². The summed E-state index contributed by atoms with van der Waals surface area (Å²) >= 11 is 0. The minimum absolute atomic E-state index is 0.00832. The molecule has 20 heavy (non-hydrogen) atoms. The molecule has 0 amide bonds. The third kappa shape index (κ3) is 3.00. The minimum Gasteiger partial charge on any atom is -0.494 e. The van der Waals surface area contributed by atoms with E-state index in [9.17, 15) is 9.18 Å². The first-order chi connectivity index (χ1) is 9.61. The lowest BCUT2D eigenvalue weighted by Crippen LogP contribution is -2.10. The van der Waals surface area contributed by atoms with Gasteiger partial charge in [0.25, 0.3) is 0 Å². The van der Waals surface area contributed by atoms with Crippen molar-refractivity contribution in [3.8, 4) is 5.75 Å². The lowest BCUT2D eigenvalue weighted by molar-refractivity contribution is 0.0694. The maximum Gasteiger partial charge on any atom is 0.339 e. The van der Waals surface area contributed by atoms with E-state index in [1.54, 1.807) is 6.07 Å². The van der Waals surface area contributed by atoms with Gasteiger partial charge < -0.3 is 15.2 Å². The van der Waals surface area contributed by atoms with Crippen molar-refractivity contribution < 1.29 is 19.0 Å². The van der Waals surface area contributed by atoms with E-state index in [2.05, 4.69) is 15.3 Å². The van der Waals surface area contributed by atoms with Gasteiger partial charge in [-0.25, -0.2) is 19.2 Å². The van der Waals surface area contributed by atoms with Crippen molar-refractivity contribution in [1.82, 2.24) is 9.97 Å². The molecule has 0 aliphatic heterocycles. The number of ether oxygens (including phenoxy) is 1. The number of carboxylic acids is 1. The SMILES string of the molecule is COc1ccc(NCc2ncncc2C(=O)O)cc1F. The zero-order valence-corrected chi connectivity index (χ0v) is 10.6. The van der Waals surface area contributed by atoms with Gasteiger partial charge in [0, 0.05) is 18.0 Å². The molecule has 0 aliphatic carbocycles. The fourth-order valence-electron chi connectivity index (χ4n) is 1.64.